The molecule has 7 nitrogen and oxygen atoms in total. The Morgan fingerprint density at radius 3 is 2.96 bits per heavy atom. The minimum atomic E-state index is -0.131. The maximum Gasteiger partial charge on any atom is 0.308 e. The van der Waals surface area contributed by atoms with Crippen molar-refractivity contribution in [2.45, 2.75) is 45.1 Å². The highest BCUT2D eigenvalue weighted by atomic mass is 16.5. The van der Waals surface area contributed by atoms with Crippen LogP contribution in [0.15, 0.2) is 22.9 Å². The molecule has 2 aromatic heterocycles. The van der Waals surface area contributed by atoms with E-state index >= 15 is 0 Å². The van der Waals surface area contributed by atoms with Gasteiger partial charge in [0.15, 0.2) is 5.82 Å². The standard InChI is InChI=1S/C17H22N4O3/c1-10(2)15-20-16(24-21-15)11-6-7-18-14(9-11)19-13-5-4-12(8-13)17(22)23-3/h6-7,9-10,12-13H,4-5,8H2,1-3H3,(H,18,19)/t12-,13+/m0/s1. The van der Waals surface area contributed by atoms with Gasteiger partial charge < -0.3 is 14.6 Å². The first-order valence-corrected chi connectivity index (χ1v) is 8.21. The highest BCUT2D eigenvalue weighted by Crippen LogP contribution is 2.29. The van der Waals surface area contributed by atoms with E-state index in [1.54, 1.807) is 6.20 Å². The van der Waals surface area contributed by atoms with Crippen LogP contribution in [0.3, 0.4) is 0 Å². The molecule has 1 aliphatic carbocycles. The van der Waals surface area contributed by atoms with Crippen molar-refractivity contribution >= 4 is 11.8 Å². The van der Waals surface area contributed by atoms with Crippen LogP contribution in [-0.4, -0.2) is 34.2 Å². The van der Waals surface area contributed by atoms with Gasteiger partial charge in [0.2, 0.25) is 0 Å². The number of aromatic nitrogens is 3. The first-order chi connectivity index (χ1) is 11.6. The van der Waals surface area contributed by atoms with Crippen molar-refractivity contribution in [2.24, 2.45) is 5.92 Å². The highest BCUT2D eigenvalue weighted by molar-refractivity contribution is 5.72. The minimum Gasteiger partial charge on any atom is -0.469 e. The number of hydrogen-bond donors (Lipinski definition) is 1. The lowest BCUT2D eigenvalue weighted by Gasteiger charge is -2.13. The number of carbonyl (C=O) groups excluding carboxylic acids is 1. The fraction of sp³-hybridized carbons (Fsp3) is 0.529. The monoisotopic (exact) mass is 330 g/mol. The Morgan fingerprint density at radius 2 is 2.25 bits per heavy atom. The van der Waals surface area contributed by atoms with E-state index in [0.717, 1.165) is 30.6 Å². The molecule has 128 valence electrons. The summed E-state index contributed by atoms with van der Waals surface area (Å²) in [6, 6.07) is 3.95. The number of anilines is 1. The molecule has 1 fully saturated rings. The molecule has 2 aromatic rings. The van der Waals surface area contributed by atoms with Gasteiger partial charge in [0.25, 0.3) is 5.89 Å². The SMILES string of the molecule is COC(=O)[C@H]1CC[C@@H](Nc2cc(-c3nc(C(C)C)no3)ccn2)C1. The summed E-state index contributed by atoms with van der Waals surface area (Å²) in [7, 11) is 1.43. The van der Waals surface area contributed by atoms with Gasteiger partial charge >= 0.3 is 5.97 Å². The molecule has 0 unspecified atom stereocenters. The average Bonchev–Trinajstić information content (AvgIpc) is 3.24. The Labute approximate surface area is 140 Å². The van der Waals surface area contributed by atoms with Crippen molar-refractivity contribution in [3.63, 3.8) is 0 Å². The molecule has 24 heavy (non-hydrogen) atoms. The smallest absolute Gasteiger partial charge is 0.308 e. The zero-order valence-corrected chi connectivity index (χ0v) is 14.2. The number of nitrogens with zero attached hydrogens (tertiary/aromatic N) is 3. The molecule has 1 N–H and O–H groups in total. The number of carbonyl (C=O) groups is 1. The number of methoxy groups -OCH3 is 1. The predicted octanol–water partition coefficient (Wildman–Crippen LogP) is 3.01. The maximum atomic E-state index is 11.6. The van der Waals surface area contributed by atoms with Gasteiger partial charge in [-0.3, -0.25) is 4.79 Å². The van der Waals surface area contributed by atoms with E-state index in [-0.39, 0.29) is 23.8 Å². The van der Waals surface area contributed by atoms with Gasteiger partial charge in [-0.25, -0.2) is 4.98 Å². The van der Waals surface area contributed by atoms with Crippen LogP contribution in [0.25, 0.3) is 11.5 Å². The van der Waals surface area contributed by atoms with Crippen LogP contribution in [0.5, 0.6) is 0 Å². The Hall–Kier alpha value is -2.44. The third-order valence-corrected chi connectivity index (χ3v) is 4.28. The van der Waals surface area contributed by atoms with Crippen molar-refractivity contribution in [2.75, 3.05) is 12.4 Å². The fourth-order valence-electron chi connectivity index (χ4n) is 2.93. The summed E-state index contributed by atoms with van der Waals surface area (Å²) < 4.78 is 10.1. The largest absolute Gasteiger partial charge is 0.469 e. The lowest BCUT2D eigenvalue weighted by Crippen LogP contribution is -2.19. The van der Waals surface area contributed by atoms with Crippen LogP contribution in [0.4, 0.5) is 5.82 Å². The minimum absolute atomic E-state index is 0.0276. The first-order valence-electron chi connectivity index (χ1n) is 8.21. The van der Waals surface area contributed by atoms with Gasteiger partial charge in [-0.15, -0.1) is 0 Å². The summed E-state index contributed by atoms with van der Waals surface area (Å²) in [5.41, 5.74) is 0.828. The van der Waals surface area contributed by atoms with Crippen LogP contribution >= 0.6 is 0 Å². The molecule has 3 rings (SSSR count). The first kappa shape index (κ1) is 16.4. The fourth-order valence-corrected chi connectivity index (χ4v) is 2.93. The summed E-state index contributed by atoms with van der Waals surface area (Å²) >= 11 is 0. The molecule has 1 aliphatic rings. The summed E-state index contributed by atoms with van der Waals surface area (Å²) in [6.07, 6.45) is 4.23. The molecule has 0 bridgehead atoms. The van der Waals surface area contributed by atoms with Crippen LogP contribution < -0.4 is 5.32 Å². The predicted molar refractivity (Wildman–Crippen MR) is 88.4 cm³/mol. The topological polar surface area (TPSA) is 90.1 Å². The van der Waals surface area contributed by atoms with Crippen LogP contribution in [0.2, 0.25) is 0 Å². The van der Waals surface area contributed by atoms with Crippen LogP contribution in [0.1, 0.15) is 44.9 Å². The van der Waals surface area contributed by atoms with E-state index in [1.807, 2.05) is 26.0 Å². The van der Waals surface area contributed by atoms with Gasteiger partial charge in [0.05, 0.1) is 13.0 Å². The molecule has 0 aliphatic heterocycles. The number of ether oxygens (including phenoxy) is 1. The molecule has 1 saturated carbocycles. The van der Waals surface area contributed by atoms with Gasteiger partial charge in [0.1, 0.15) is 5.82 Å². The number of hydrogen-bond acceptors (Lipinski definition) is 7. The molecule has 0 aromatic carbocycles. The zero-order valence-electron chi connectivity index (χ0n) is 14.2. The molecule has 2 atom stereocenters. The van der Waals surface area contributed by atoms with Crippen LogP contribution in [0, 0.1) is 5.92 Å². The van der Waals surface area contributed by atoms with E-state index in [0.29, 0.717) is 11.7 Å². The molecule has 2 heterocycles. The summed E-state index contributed by atoms with van der Waals surface area (Å²) in [4.78, 5) is 20.4. The third-order valence-electron chi connectivity index (χ3n) is 4.28. The van der Waals surface area contributed by atoms with Gasteiger partial charge in [-0.1, -0.05) is 19.0 Å². The molecular weight excluding hydrogens is 308 g/mol. The van der Waals surface area contributed by atoms with E-state index in [2.05, 4.69) is 20.4 Å². The quantitative estimate of drug-likeness (QED) is 0.843. The van der Waals surface area contributed by atoms with Crippen molar-refractivity contribution in [1.29, 1.82) is 0 Å². The number of nitrogens with one attached hydrogen (secondary N) is 1. The second kappa shape index (κ2) is 6.98. The average molecular weight is 330 g/mol. The summed E-state index contributed by atoms with van der Waals surface area (Å²) in [5.74, 6) is 1.98. The summed E-state index contributed by atoms with van der Waals surface area (Å²) in [6.45, 7) is 4.04. The van der Waals surface area contributed by atoms with Gasteiger partial charge in [-0.05, 0) is 31.4 Å². The molecule has 0 amide bonds. The Morgan fingerprint density at radius 1 is 1.42 bits per heavy atom. The number of esters is 1. The zero-order chi connectivity index (χ0) is 17.1. The van der Waals surface area contributed by atoms with Crippen molar-refractivity contribution in [1.82, 2.24) is 15.1 Å². The second-order valence-corrected chi connectivity index (χ2v) is 6.42. The van der Waals surface area contributed by atoms with Gasteiger partial charge in [0, 0.05) is 23.7 Å². The second-order valence-electron chi connectivity index (χ2n) is 6.42. The van der Waals surface area contributed by atoms with Crippen LogP contribution in [-0.2, 0) is 9.53 Å². The Balaban J connectivity index is 1.68. The lowest BCUT2D eigenvalue weighted by atomic mass is 10.1. The molecule has 0 spiro atoms. The Kier molecular flexibility index (Phi) is 4.78. The van der Waals surface area contributed by atoms with E-state index in [4.69, 9.17) is 9.26 Å². The Bertz CT molecular complexity index is 713. The molecular formula is C17H22N4O3. The van der Waals surface area contributed by atoms with Crippen molar-refractivity contribution in [3.05, 3.63) is 24.2 Å². The van der Waals surface area contributed by atoms with Crippen molar-refractivity contribution in [3.8, 4) is 11.5 Å². The third kappa shape index (κ3) is 3.55. The molecule has 0 radical (unpaired) electrons. The molecule has 7 heteroatoms. The van der Waals surface area contributed by atoms with E-state index in [1.165, 1.54) is 7.11 Å². The van der Waals surface area contributed by atoms with Crippen molar-refractivity contribution < 1.29 is 14.1 Å². The van der Waals surface area contributed by atoms with E-state index in [9.17, 15) is 4.79 Å². The highest BCUT2D eigenvalue weighted by Gasteiger charge is 2.30. The number of rotatable bonds is 5. The normalized spacial score (nSPS) is 20.3. The maximum absolute atomic E-state index is 11.6. The number of pyridine rings is 1. The lowest BCUT2D eigenvalue weighted by molar-refractivity contribution is -0.145. The molecule has 0 saturated heterocycles. The summed E-state index contributed by atoms with van der Waals surface area (Å²) in [5, 5.41) is 7.37. The van der Waals surface area contributed by atoms with Gasteiger partial charge in [-0.2, -0.15) is 4.98 Å². The van der Waals surface area contributed by atoms with E-state index < -0.39 is 0 Å².